The zero-order valence-electron chi connectivity index (χ0n) is 20.3. The largest absolute Gasteiger partial charge is 0.393 e. The van der Waals surface area contributed by atoms with Gasteiger partial charge < -0.3 is 10.2 Å². The summed E-state index contributed by atoms with van der Waals surface area (Å²) < 4.78 is 14.3. The second kappa shape index (κ2) is 8.98. The topological polar surface area (TPSA) is 40.5 Å². The van der Waals surface area contributed by atoms with Crippen LogP contribution in [0.5, 0.6) is 0 Å². The molecule has 6 atom stereocenters. The van der Waals surface area contributed by atoms with Gasteiger partial charge in [0, 0.05) is 0 Å². The summed E-state index contributed by atoms with van der Waals surface area (Å²) in [6, 6.07) is 0. The maximum absolute atomic E-state index is 14.3. The molecule has 0 amide bonds. The number of aliphatic hydroxyl groups excluding tert-OH is 1. The molecule has 0 spiro atoms. The van der Waals surface area contributed by atoms with Gasteiger partial charge in [0.1, 0.15) is 11.3 Å². The molecule has 0 bridgehead atoms. The fourth-order valence-electron chi connectivity index (χ4n) is 6.21. The van der Waals surface area contributed by atoms with Crippen molar-refractivity contribution in [2.75, 3.05) is 0 Å². The Labute approximate surface area is 189 Å². The van der Waals surface area contributed by atoms with E-state index in [1.807, 2.05) is 6.08 Å². The first-order valence-electron chi connectivity index (χ1n) is 12.2. The molecule has 2 nitrogen and oxygen atoms in total. The average Bonchev–Trinajstić information content (AvgIpc) is 3.03. The van der Waals surface area contributed by atoms with Crippen molar-refractivity contribution in [3.8, 4) is 0 Å². The predicted molar refractivity (Wildman–Crippen MR) is 127 cm³/mol. The number of halogens is 1. The van der Waals surface area contributed by atoms with Crippen molar-refractivity contribution in [2.45, 2.75) is 103 Å². The minimum Gasteiger partial charge on any atom is -0.393 e. The standard InChI is InChI=1S/C28H43FO2/c1-19-9-12-23(30)18-22(19)11-10-21-8-7-16-27(5)24(13-14-25(21)27)20(2)15-17-28(6,31)26(3,4)29/h10-11,15,17,20,23-25,30-31H,1,7-9,12-14,16,18H2,2-6H3/b17-15+,21-10?,22-11?/t20-,23+,24-,25?,27-,28-/m1/s1. The summed E-state index contributed by atoms with van der Waals surface area (Å²) in [5, 5.41) is 20.5. The molecule has 0 aromatic heterocycles. The third-order valence-corrected chi connectivity index (χ3v) is 8.79. The van der Waals surface area contributed by atoms with Gasteiger partial charge in [-0.2, -0.15) is 0 Å². The zero-order valence-corrected chi connectivity index (χ0v) is 20.3. The van der Waals surface area contributed by atoms with Gasteiger partial charge in [-0.3, -0.25) is 0 Å². The van der Waals surface area contributed by atoms with E-state index in [1.54, 1.807) is 18.6 Å². The van der Waals surface area contributed by atoms with Crippen molar-refractivity contribution in [3.05, 3.63) is 47.6 Å². The molecule has 174 valence electrons. The van der Waals surface area contributed by atoms with Crippen LogP contribution in [-0.4, -0.2) is 27.6 Å². The Balaban J connectivity index is 1.77. The van der Waals surface area contributed by atoms with Gasteiger partial charge in [0.05, 0.1) is 6.10 Å². The molecule has 3 aliphatic rings. The number of aliphatic hydroxyl groups is 2. The van der Waals surface area contributed by atoms with Crippen LogP contribution < -0.4 is 0 Å². The van der Waals surface area contributed by atoms with Crippen LogP contribution in [0.4, 0.5) is 4.39 Å². The van der Waals surface area contributed by atoms with Crippen LogP contribution in [-0.2, 0) is 0 Å². The molecule has 3 saturated carbocycles. The van der Waals surface area contributed by atoms with E-state index in [2.05, 4.69) is 32.6 Å². The Morgan fingerprint density at radius 3 is 2.55 bits per heavy atom. The van der Waals surface area contributed by atoms with E-state index in [4.69, 9.17) is 0 Å². The van der Waals surface area contributed by atoms with Gasteiger partial charge >= 0.3 is 0 Å². The van der Waals surface area contributed by atoms with E-state index in [0.29, 0.717) is 17.8 Å². The van der Waals surface area contributed by atoms with Crippen molar-refractivity contribution < 1.29 is 14.6 Å². The molecule has 3 rings (SSSR count). The van der Waals surface area contributed by atoms with Crippen LogP contribution in [0.2, 0.25) is 0 Å². The molecule has 3 fully saturated rings. The minimum atomic E-state index is -1.67. The Hall–Kier alpha value is -1.19. The van der Waals surface area contributed by atoms with E-state index >= 15 is 0 Å². The molecule has 0 aliphatic heterocycles. The molecular formula is C28H43FO2. The number of rotatable bonds is 5. The predicted octanol–water partition coefficient (Wildman–Crippen LogP) is 6.85. The highest BCUT2D eigenvalue weighted by Gasteiger charge is 2.50. The summed E-state index contributed by atoms with van der Waals surface area (Å²) in [6.45, 7) is 13.3. The summed E-state index contributed by atoms with van der Waals surface area (Å²) in [5.74, 6) is 1.42. The molecule has 0 aromatic carbocycles. The highest BCUT2D eigenvalue weighted by molar-refractivity contribution is 5.36. The molecule has 0 radical (unpaired) electrons. The lowest BCUT2D eigenvalue weighted by Gasteiger charge is -2.44. The van der Waals surface area contributed by atoms with Crippen molar-refractivity contribution in [1.29, 1.82) is 0 Å². The molecule has 3 aliphatic carbocycles. The smallest absolute Gasteiger partial charge is 0.137 e. The lowest BCUT2D eigenvalue weighted by atomic mass is 9.61. The summed E-state index contributed by atoms with van der Waals surface area (Å²) in [6.07, 6.45) is 16.4. The second-order valence-electron chi connectivity index (χ2n) is 11.4. The molecule has 31 heavy (non-hydrogen) atoms. The van der Waals surface area contributed by atoms with Gasteiger partial charge in [-0.25, -0.2) is 4.39 Å². The van der Waals surface area contributed by atoms with Crippen molar-refractivity contribution in [2.24, 2.45) is 23.2 Å². The lowest BCUT2D eigenvalue weighted by Crippen LogP contribution is -2.42. The second-order valence-corrected chi connectivity index (χ2v) is 11.4. The van der Waals surface area contributed by atoms with Crippen LogP contribution in [0, 0.1) is 23.2 Å². The first kappa shape index (κ1) is 24.5. The van der Waals surface area contributed by atoms with Gasteiger partial charge in [0.2, 0.25) is 0 Å². The van der Waals surface area contributed by atoms with E-state index < -0.39 is 11.3 Å². The Morgan fingerprint density at radius 1 is 1.16 bits per heavy atom. The summed E-state index contributed by atoms with van der Waals surface area (Å²) in [5.41, 5.74) is 1.04. The van der Waals surface area contributed by atoms with Gasteiger partial charge in [-0.15, -0.1) is 0 Å². The molecule has 0 heterocycles. The van der Waals surface area contributed by atoms with Crippen LogP contribution in [0.3, 0.4) is 0 Å². The quantitative estimate of drug-likeness (QED) is 0.468. The fourth-order valence-corrected chi connectivity index (χ4v) is 6.21. The highest BCUT2D eigenvalue weighted by Crippen LogP contribution is 2.59. The van der Waals surface area contributed by atoms with E-state index in [1.165, 1.54) is 50.7 Å². The molecule has 0 saturated heterocycles. The van der Waals surface area contributed by atoms with Gasteiger partial charge in [-0.1, -0.05) is 55.9 Å². The maximum Gasteiger partial charge on any atom is 0.137 e. The van der Waals surface area contributed by atoms with Gasteiger partial charge in [0.25, 0.3) is 0 Å². The van der Waals surface area contributed by atoms with Crippen LogP contribution in [0.25, 0.3) is 0 Å². The molecule has 2 N–H and O–H groups in total. The number of fused-ring (bicyclic) bond motifs is 1. The first-order chi connectivity index (χ1) is 14.3. The number of hydrogen-bond donors (Lipinski definition) is 2. The molecule has 1 unspecified atom stereocenters. The summed E-state index contributed by atoms with van der Waals surface area (Å²) in [4.78, 5) is 0. The number of alkyl halides is 1. The van der Waals surface area contributed by atoms with Crippen molar-refractivity contribution in [3.63, 3.8) is 0 Å². The van der Waals surface area contributed by atoms with Gasteiger partial charge in [-0.05, 0) is 101 Å². The first-order valence-corrected chi connectivity index (χ1v) is 12.2. The molecule has 0 aromatic rings. The summed E-state index contributed by atoms with van der Waals surface area (Å²) in [7, 11) is 0. The third-order valence-electron chi connectivity index (χ3n) is 8.79. The molecular weight excluding hydrogens is 387 g/mol. The SMILES string of the molecule is C=C1CC[C@H](O)CC1=CC=C1CCC[C@@]2(C)C1CC[C@@H]2[C@H](C)/C=C/[C@@](C)(O)C(C)(C)F. The average molecular weight is 431 g/mol. The zero-order chi connectivity index (χ0) is 23.0. The van der Waals surface area contributed by atoms with E-state index in [9.17, 15) is 14.6 Å². The monoisotopic (exact) mass is 430 g/mol. The van der Waals surface area contributed by atoms with Crippen LogP contribution in [0.15, 0.2) is 47.6 Å². The van der Waals surface area contributed by atoms with E-state index in [0.717, 1.165) is 25.7 Å². The summed E-state index contributed by atoms with van der Waals surface area (Å²) >= 11 is 0. The fraction of sp³-hybridized carbons (Fsp3) is 0.714. The maximum atomic E-state index is 14.3. The Kier molecular flexibility index (Phi) is 7.08. The lowest BCUT2D eigenvalue weighted by molar-refractivity contribution is -0.0332. The van der Waals surface area contributed by atoms with Crippen molar-refractivity contribution >= 4 is 0 Å². The van der Waals surface area contributed by atoms with E-state index in [-0.39, 0.29) is 11.5 Å². The Morgan fingerprint density at radius 2 is 1.87 bits per heavy atom. The number of hydrogen-bond acceptors (Lipinski definition) is 2. The van der Waals surface area contributed by atoms with Crippen molar-refractivity contribution in [1.82, 2.24) is 0 Å². The normalized spacial score (nSPS) is 37.9. The number of allylic oxidation sites excluding steroid dienone is 5. The Bertz CT molecular complexity index is 766. The van der Waals surface area contributed by atoms with Gasteiger partial charge in [0.15, 0.2) is 0 Å². The van der Waals surface area contributed by atoms with Crippen LogP contribution in [0.1, 0.15) is 86.0 Å². The minimum absolute atomic E-state index is 0.234. The third kappa shape index (κ3) is 5.09. The highest BCUT2D eigenvalue weighted by atomic mass is 19.1. The molecule has 3 heteroatoms. The van der Waals surface area contributed by atoms with Crippen LogP contribution >= 0.6 is 0 Å².